The number of aromatic nitrogens is 3. The zero-order valence-corrected chi connectivity index (χ0v) is 15.9. The van der Waals surface area contributed by atoms with Gasteiger partial charge in [-0.25, -0.2) is 0 Å². The number of carbonyl (C=O) groups is 1. The molecule has 0 unspecified atom stereocenters. The average molecular weight is 399 g/mol. The first kappa shape index (κ1) is 17.4. The van der Waals surface area contributed by atoms with Crippen molar-refractivity contribution in [2.45, 2.75) is 0 Å². The van der Waals surface area contributed by atoms with Crippen LogP contribution in [0, 0.1) is 0 Å². The van der Waals surface area contributed by atoms with E-state index >= 15 is 0 Å². The quantitative estimate of drug-likeness (QED) is 0.410. The second kappa shape index (κ2) is 7.04. The fraction of sp³-hybridized carbons (Fsp3) is 0. The highest BCUT2D eigenvalue weighted by atomic mass is 35.5. The van der Waals surface area contributed by atoms with E-state index in [0.717, 1.165) is 32.9 Å². The lowest BCUT2D eigenvalue weighted by Crippen LogP contribution is -2.12. The van der Waals surface area contributed by atoms with Gasteiger partial charge in [0.2, 0.25) is 0 Å². The highest BCUT2D eigenvalue weighted by Gasteiger charge is 2.16. The average Bonchev–Trinajstić information content (AvgIpc) is 3.19. The summed E-state index contributed by atoms with van der Waals surface area (Å²) >= 11 is 6.48. The number of hydrogen-bond donors (Lipinski definition) is 2. The molecular weight excluding hydrogens is 384 g/mol. The highest BCUT2D eigenvalue weighted by molar-refractivity contribution is 6.33. The lowest BCUT2D eigenvalue weighted by Gasteiger charge is -2.10. The summed E-state index contributed by atoms with van der Waals surface area (Å²) in [4.78, 5) is 17.3. The largest absolute Gasteiger partial charge is 0.321 e. The first-order chi connectivity index (χ1) is 14.2. The van der Waals surface area contributed by atoms with Gasteiger partial charge in [0, 0.05) is 28.2 Å². The van der Waals surface area contributed by atoms with Gasteiger partial charge in [-0.1, -0.05) is 54.1 Å². The first-order valence-corrected chi connectivity index (χ1v) is 9.46. The smallest absolute Gasteiger partial charge is 0.276 e. The topological polar surface area (TPSA) is 70.7 Å². The van der Waals surface area contributed by atoms with Crippen LogP contribution < -0.4 is 5.32 Å². The molecule has 0 aliphatic heterocycles. The molecule has 6 heteroatoms. The van der Waals surface area contributed by atoms with Crippen molar-refractivity contribution in [3.05, 3.63) is 89.7 Å². The van der Waals surface area contributed by atoms with Gasteiger partial charge >= 0.3 is 0 Å². The molecule has 2 heterocycles. The van der Waals surface area contributed by atoms with E-state index in [1.807, 2.05) is 60.7 Å². The van der Waals surface area contributed by atoms with Crippen LogP contribution in [-0.2, 0) is 0 Å². The predicted octanol–water partition coefficient (Wildman–Crippen LogP) is 5.68. The number of H-pyrrole nitrogens is 1. The molecule has 0 fully saturated rings. The van der Waals surface area contributed by atoms with E-state index in [1.54, 1.807) is 18.3 Å². The molecule has 0 radical (unpaired) electrons. The second-order valence-corrected chi connectivity index (χ2v) is 7.05. The van der Waals surface area contributed by atoms with Crippen LogP contribution in [0.25, 0.3) is 32.9 Å². The van der Waals surface area contributed by atoms with Gasteiger partial charge in [0.25, 0.3) is 5.91 Å². The molecule has 0 aliphatic carbocycles. The third-order valence-corrected chi connectivity index (χ3v) is 5.17. The number of fused-ring (bicyclic) bond motifs is 2. The van der Waals surface area contributed by atoms with E-state index in [-0.39, 0.29) is 5.91 Å². The van der Waals surface area contributed by atoms with Crippen molar-refractivity contribution >= 4 is 44.9 Å². The summed E-state index contributed by atoms with van der Waals surface area (Å²) in [7, 11) is 0. The fourth-order valence-electron chi connectivity index (χ4n) is 3.45. The number of para-hydroxylation sites is 1. The van der Waals surface area contributed by atoms with Crippen LogP contribution in [0.3, 0.4) is 0 Å². The summed E-state index contributed by atoms with van der Waals surface area (Å²) in [5.74, 6) is -0.290. The summed E-state index contributed by atoms with van der Waals surface area (Å²) in [5.41, 5.74) is 3.31. The molecule has 5 aromatic rings. The van der Waals surface area contributed by atoms with E-state index < -0.39 is 0 Å². The third kappa shape index (κ3) is 3.11. The standard InChI is InChI=1S/C23H15ClN4O/c24-19-10-9-15(26-23(29)22-17-7-3-4-8-20(17)27-28-22)13-18(19)21-16-6-2-1-5-14(16)11-12-25-21/h1-13H,(H,26,29)(H,27,28). The van der Waals surface area contributed by atoms with Crippen molar-refractivity contribution in [1.29, 1.82) is 0 Å². The minimum absolute atomic E-state index is 0.290. The minimum Gasteiger partial charge on any atom is -0.321 e. The van der Waals surface area contributed by atoms with Gasteiger partial charge < -0.3 is 5.32 Å². The predicted molar refractivity (Wildman–Crippen MR) is 116 cm³/mol. The molecule has 1 amide bonds. The Hall–Kier alpha value is -3.70. The van der Waals surface area contributed by atoms with Crippen molar-refractivity contribution < 1.29 is 4.79 Å². The summed E-state index contributed by atoms with van der Waals surface area (Å²) in [6.45, 7) is 0. The van der Waals surface area contributed by atoms with Gasteiger partial charge in [-0.05, 0) is 35.7 Å². The molecule has 0 saturated carbocycles. The monoisotopic (exact) mass is 398 g/mol. The van der Waals surface area contributed by atoms with Crippen LogP contribution in [0.4, 0.5) is 5.69 Å². The summed E-state index contributed by atoms with van der Waals surface area (Å²) in [5, 5.41) is 13.4. The second-order valence-electron chi connectivity index (χ2n) is 6.65. The van der Waals surface area contributed by atoms with E-state index in [2.05, 4.69) is 20.5 Å². The maximum atomic E-state index is 12.8. The molecule has 140 valence electrons. The van der Waals surface area contributed by atoms with E-state index in [9.17, 15) is 4.79 Å². The number of anilines is 1. The van der Waals surface area contributed by atoms with Crippen molar-refractivity contribution in [2.24, 2.45) is 0 Å². The molecule has 2 aromatic heterocycles. The number of nitrogens with zero attached hydrogens (tertiary/aromatic N) is 2. The molecule has 5 nitrogen and oxygen atoms in total. The molecule has 0 aliphatic rings. The van der Waals surface area contributed by atoms with Gasteiger partial charge in [0.15, 0.2) is 5.69 Å². The Morgan fingerprint density at radius 3 is 2.62 bits per heavy atom. The van der Waals surface area contributed by atoms with Gasteiger partial charge in [0.1, 0.15) is 0 Å². The number of halogens is 1. The number of aromatic amines is 1. The van der Waals surface area contributed by atoms with Crippen LogP contribution >= 0.6 is 11.6 Å². The van der Waals surface area contributed by atoms with Crippen LogP contribution in [-0.4, -0.2) is 21.1 Å². The van der Waals surface area contributed by atoms with Crippen molar-refractivity contribution in [3.8, 4) is 11.3 Å². The van der Waals surface area contributed by atoms with Gasteiger partial charge in [-0.3, -0.25) is 14.9 Å². The van der Waals surface area contributed by atoms with Gasteiger partial charge in [-0.15, -0.1) is 0 Å². The van der Waals surface area contributed by atoms with Gasteiger partial charge in [0.05, 0.1) is 16.2 Å². The normalized spacial score (nSPS) is 11.1. The van der Waals surface area contributed by atoms with Crippen LogP contribution in [0.5, 0.6) is 0 Å². The lowest BCUT2D eigenvalue weighted by atomic mass is 10.0. The number of nitrogens with one attached hydrogen (secondary N) is 2. The number of rotatable bonds is 3. The van der Waals surface area contributed by atoms with Crippen LogP contribution in [0.15, 0.2) is 79.0 Å². The molecule has 29 heavy (non-hydrogen) atoms. The number of hydrogen-bond acceptors (Lipinski definition) is 3. The Labute approximate surface area is 171 Å². The molecule has 0 bridgehead atoms. The highest BCUT2D eigenvalue weighted by Crippen LogP contribution is 2.34. The lowest BCUT2D eigenvalue weighted by molar-refractivity contribution is 0.102. The summed E-state index contributed by atoms with van der Waals surface area (Å²) in [6.07, 6.45) is 1.76. The maximum Gasteiger partial charge on any atom is 0.276 e. The molecule has 2 N–H and O–H groups in total. The number of carbonyl (C=O) groups excluding carboxylic acids is 1. The molecule has 5 rings (SSSR count). The summed E-state index contributed by atoms with van der Waals surface area (Å²) < 4.78 is 0. The number of benzene rings is 3. The Morgan fingerprint density at radius 2 is 1.72 bits per heavy atom. The van der Waals surface area contributed by atoms with E-state index in [0.29, 0.717) is 16.4 Å². The fourth-order valence-corrected chi connectivity index (χ4v) is 3.65. The Morgan fingerprint density at radius 1 is 0.931 bits per heavy atom. The first-order valence-electron chi connectivity index (χ1n) is 9.09. The maximum absolute atomic E-state index is 12.8. The Kier molecular flexibility index (Phi) is 4.22. The van der Waals surface area contributed by atoms with Crippen molar-refractivity contribution in [1.82, 2.24) is 15.2 Å². The van der Waals surface area contributed by atoms with Crippen molar-refractivity contribution in [3.63, 3.8) is 0 Å². The Balaban J connectivity index is 1.54. The summed E-state index contributed by atoms with van der Waals surface area (Å²) in [6, 6.07) is 22.8. The zero-order chi connectivity index (χ0) is 19.8. The van der Waals surface area contributed by atoms with Crippen LogP contribution in [0.2, 0.25) is 5.02 Å². The van der Waals surface area contributed by atoms with Crippen LogP contribution in [0.1, 0.15) is 10.5 Å². The molecule has 0 atom stereocenters. The minimum atomic E-state index is -0.290. The SMILES string of the molecule is O=C(Nc1ccc(Cl)c(-c2nccc3ccccc23)c1)c1n[nH]c2ccccc12. The molecule has 0 spiro atoms. The zero-order valence-electron chi connectivity index (χ0n) is 15.2. The number of amides is 1. The molecular formula is C23H15ClN4O. The molecule has 0 saturated heterocycles. The third-order valence-electron chi connectivity index (χ3n) is 4.84. The van der Waals surface area contributed by atoms with E-state index in [4.69, 9.17) is 11.6 Å². The van der Waals surface area contributed by atoms with E-state index in [1.165, 1.54) is 0 Å². The number of pyridine rings is 1. The Bertz CT molecular complexity index is 1370. The van der Waals surface area contributed by atoms with Crippen molar-refractivity contribution in [2.75, 3.05) is 5.32 Å². The van der Waals surface area contributed by atoms with Gasteiger partial charge in [-0.2, -0.15) is 5.10 Å². The molecule has 3 aromatic carbocycles.